The maximum atomic E-state index is 13.4. The fourth-order valence-electron chi connectivity index (χ4n) is 3.33. The number of nitrogens with zero attached hydrogens (tertiary/aromatic N) is 2. The SMILES string of the molecule is CNc1cc(NC2CCCCC2NC(=O)c2ccc(F)c(F)c2)nc(C)n1. The van der Waals surface area contributed by atoms with E-state index < -0.39 is 17.5 Å². The number of aromatic nitrogens is 2. The standard InChI is InChI=1S/C19H23F2N5O/c1-11-23-17(22-2)10-18(24-11)25-15-5-3-4-6-16(15)26-19(27)12-7-8-13(20)14(21)9-12/h7-10,15-16H,3-6H2,1-2H3,(H,26,27)(H2,22,23,24,25). The molecule has 0 radical (unpaired) electrons. The fourth-order valence-corrected chi connectivity index (χ4v) is 3.33. The summed E-state index contributed by atoms with van der Waals surface area (Å²) in [4.78, 5) is 21.1. The Kier molecular flexibility index (Phi) is 5.83. The van der Waals surface area contributed by atoms with Crippen molar-refractivity contribution in [3.63, 3.8) is 0 Å². The Bertz CT molecular complexity index is 830. The van der Waals surface area contributed by atoms with Crippen LogP contribution in [-0.4, -0.2) is 35.0 Å². The van der Waals surface area contributed by atoms with Crippen molar-refractivity contribution in [1.29, 1.82) is 0 Å². The number of rotatable bonds is 5. The minimum absolute atomic E-state index is 0.00741. The summed E-state index contributed by atoms with van der Waals surface area (Å²) in [5.74, 6) is -0.376. The van der Waals surface area contributed by atoms with E-state index in [-0.39, 0.29) is 17.6 Å². The number of nitrogens with one attached hydrogen (secondary N) is 3. The average Bonchev–Trinajstić information content (AvgIpc) is 2.65. The Hall–Kier alpha value is -2.77. The third kappa shape index (κ3) is 4.69. The summed E-state index contributed by atoms with van der Waals surface area (Å²) in [5, 5.41) is 9.32. The summed E-state index contributed by atoms with van der Waals surface area (Å²) in [6, 6.07) is 4.84. The predicted octanol–water partition coefficient (Wildman–Crippen LogP) is 3.26. The third-order valence-corrected chi connectivity index (χ3v) is 4.69. The van der Waals surface area contributed by atoms with Gasteiger partial charge in [0.05, 0.1) is 0 Å². The van der Waals surface area contributed by atoms with Crippen molar-refractivity contribution in [3.8, 4) is 0 Å². The van der Waals surface area contributed by atoms with E-state index in [0.717, 1.165) is 37.8 Å². The molecule has 1 aromatic heterocycles. The first-order chi connectivity index (χ1) is 13.0. The van der Waals surface area contributed by atoms with Gasteiger partial charge in [-0.1, -0.05) is 12.8 Å². The maximum absolute atomic E-state index is 13.4. The molecule has 1 aromatic carbocycles. The number of carbonyl (C=O) groups excluding carboxylic acids is 1. The van der Waals surface area contributed by atoms with Gasteiger partial charge in [0.25, 0.3) is 5.91 Å². The van der Waals surface area contributed by atoms with Crippen LogP contribution in [-0.2, 0) is 0 Å². The molecule has 3 rings (SSSR count). The lowest BCUT2D eigenvalue weighted by atomic mass is 9.90. The van der Waals surface area contributed by atoms with Gasteiger partial charge >= 0.3 is 0 Å². The summed E-state index contributed by atoms with van der Waals surface area (Å²) < 4.78 is 26.5. The van der Waals surface area contributed by atoms with E-state index in [1.165, 1.54) is 6.07 Å². The molecular formula is C19H23F2N5O. The van der Waals surface area contributed by atoms with E-state index in [1.807, 2.05) is 13.0 Å². The Morgan fingerprint density at radius 1 is 1.04 bits per heavy atom. The van der Waals surface area contributed by atoms with Gasteiger partial charge in [-0.05, 0) is 38.0 Å². The number of carbonyl (C=O) groups is 1. The van der Waals surface area contributed by atoms with Crippen LogP contribution in [0.3, 0.4) is 0 Å². The van der Waals surface area contributed by atoms with E-state index in [4.69, 9.17) is 0 Å². The molecule has 3 N–H and O–H groups in total. The van der Waals surface area contributed by atoms with Crippen LogP contribution in [0.1, 0.15) is 41.9 Å². The van der Waals surface area contributed by atoms with E-state index in [2.05, 4.69) is 25.9 Å². The lowest BCUT2D eigenvalue weighted by Crippen LogP contribution is -2.48. The quantitative estimate of drug-likeness (QED) is 0.748. The van der Waals surface area contributed by atoms with Crippen LogP contribution in [0.2, 0.25) is 0 Å². The zero-order valence-electron chi connectivity index (χ0n) is 15.4. The molecule has 2 unspecified atom stereocenters. The zero-order chi connectivity index (χ0) is 19.4. The number of benzene rings is 1. The highest BCUT2D eigenvalue weighted by Gasteiger charge is 2.27. The van der Waals surface area contributed by atoms with E-state index >= 15 is 0 Å². The highest BCUT2D eigenvalue weighted by atomic mass is 19.2. The molecule has 0 aliphatic heterocycles. The number of aryl methyl sites for hydroxylation is 1. The van der Waals surface area contributed by atoms with Crippen molar-refractivity contribution in [2.24, 2.45) is 0 Å². The summed E-state index contributed by atoms with van der Waals surface area (Å²) in [5.41, 5.74) is 0.105. The van der Waals surface area contributed by atoms with Gasteiger partial charge in [-0.3, -0.25) is 4.79 Å². The number of amides is 1. The second kappa shape index (κ2) is 8.28. The van der Waals surface area contributed by atoms with E-state index in [1.54, 1.807) is 7.05 Å². The first kappa shape index (κ1) is 19.0. The Balaban J connectivity index is 1.72. The van der Waals surface area contributed by atoms with E-state index in [0.29, 0.717) is 17.5 Å². The highest BCUT2D eigenvalue weighted by Crippen LogP contribution is 2.23. The minimum atomic E-state index is -1.03. The van der Waals surface area contributed by atoms with Gasteiger partial charge < -0.3 is 16.0 Å². The molecule has 1 aliphatic carbocycles. The van der Waals surface area contributed by atoms with Gasteiger partial charge in [0.15, 0.2) is 11.6 Å². The summed E-state index contributed by atoms with van der Waals surface area (Å²) >= 11 is 0. The smallest absolute Gasteiger partial charge is 0.251 e. The number of hydrogen-bond donors (Lipinski definition) is 3. The molecule has 0 saturated heterocycles. The lowest BCUT2D eigenvalue weighted by Gasteiger charge is -2.33. The molecule has 6 nitrogen and oxygen atoms in total. The lowest BCUT2D eigenvalue weighted by molar-refractivity contribution is 0.0923. The van der Waals surface area contributed by atoms with Crippen LogP contribution < -0.4 is 16.0 Å². The molecule has 27 heavy (non-hydrogen) atoms. The molecule has 8 heteroatoms. The van der Waals surface area contributed by atoms with Crippen LogP contribution in [0.4, 0.5) is 20.4 Å². The minimum Gasteiger partial charge on any atom is -0.373 e. The highest BCUT2D eigenvalue weighted by molar-refractivity contribution is 5.94. The first-order valence-corrected chi connectivity index (χ1v) is 9.02. The largest absolute Gasteiger partial charge is 0.373 e. The molecule has 1 fully saturated rings. The average molecular weight is 375 g/mol. The van der Waals surface area contributed by atoms with Crippen LogP contribution in [0.25, 0.3) is 0 Å². The molecular weight excluding hydrogens is 352 g/mol. The number of anilines is 2. The zero-order valence-corrected chi connectivity index (χ0v) is 15.4. The third-order valence-electron chi connectivity index (χ3n) is 4.69. The molecule has 0 spiro atoms. The molecule has 0 bridgehead atoms. The van der Waals surface area contributed by atoms with Crippen molar-refractivity contribution in [2.45, 2.75) is 44.7 Å². The molecule has 1 aliphatic rings. The summed E-state index contributed by atoms with van der Waals surface area (Å²) in [7, 11) is 1.79. The fraction of sp³-hybridized carbons (Fsp3) is 0.421. The molecule has 1 amide bonds. The second-order valence-electron chi connectivity index (χ2n) is 6.68. The van der Waals surface area contributed by atoms with Crippen LogP contribution in [0, 0.1) is 18.6 Å². The van der Waals surface area contributed by atoms with Crippen molar-refractivity contribution in [3.05, 3.63) is 47.3 Å². The van der Waals surface area contributed by atoms with Crippen LogP contribution >= 0.6 is 0 Å². The Labute approximate surface area is 156 Å². The molecule has 2 aromatic rings. The van der Waals surface area contributed by atoms with Crippen LogP contribution in [0.15, 0.2) is 24.3 Å². The van der Waals surface area contributed by atoms with Crippen molar-refractivity contribution in [2.75, 3.05) is 17.7 Å². The molecule has 1 heterocycles. The molecule has 144 valence electrons. The first-order valence-electron chi connectivity index (χ1n) is 9.02. The van der Waals surface area contributed by atoms with Crippen molar-refractivity contribution in [1.82, 2.24) is 15.3 Å². The van der Waals surface area contributed by atoms with Crippen molar-refractivity contribution >= 4 is 17.5 Å². The second-order valence-corrected chi connectivity index (χ2v) is 6.68. The maximum Gasteiger partial charge on any atom is 0.251 e. The van der Waals surface area contributed by atoms with E-state index in [9.17, 15) is 13.6 Å². The van der Waals surface area contributed by atoms with Gasteiger partial charge in [-0.2, -0.15) is 0 Å². The van der Waals surface area contributed by atoms with Gasteiger partial charge in [0, 0.05) is 30.8 Å². The Morgan fingerprint density at radius 3 is 2.44 bits per heavy atom. The monoisotopic (exact) mass is 375 g/mol. The van der Waals surface area contributed by atoms with Gasteiger partial charge in [-0.25, -0.2) is 18.7 Å². The normalized spacial score (nSPS) is 19.4. The van der Waals surface area contributed by atoms with Crippen LogP contribution in [0.5, 0.6) is 0 Å². The molecule has 2 atom stereocenters. The van der Waals surface area contributed by atoms with Gasteiger partial charge in [0.2, 0.25) is 0 Å². The number of hydrogen-bond acceptors (Lipinski definition) is 5. The Morgan fingerprint density at radius 2 is 1.74 bits per heavy atom. The van der Waals surface area contributed by atoms with Crippen molar-refractivity contribution < 1.29 is 13.6 Å². The topological polar surface area (TPSA) is 78.9 Å². The van der Waals surface area contributed by atoms with Gasteiger partial charge in [-0.15, -0.1) is 0 Å². The summed E-state index contributed by atoms with van der Waals surface area (Å²) in [6.07, 6.45) is 3.71. The van der Waals surface area contributed by atoms with Gasteiger partial charge in [0.1, 0.15) is 17.5 Å². The number of halogens is 2. The summed E-state index contributed by atoms with van der Waals surface area (Å²) in [6.45, 7) is 1.81. The predicted molar refractivity (Wildman–Crippen MR) is 99.8 cm³/mol. The molecule has 1 saturated carbocycles.